The summed E-state index contributed by atoms with van der Waals surface area (Å²) in [5, 5.41) is 14.6. The first-order valence-corrected chi connectivity index (χ1v) is 13.5. The van der Waals surface area contributed by atoms with Crippen molar-refractivity contribution in [2.24, 2.45) is 10.9 Å². The molecule has 4 rings (SSSR count). The van der Waals surface area contributed by atoms with Gasteiger partial charge in [-0.3, -0.25) is 15.0 Å². The third-order valence-electron chi connectivity index (χ3n) is 6.42. The van der Waals surface area contributed by atoms with E-state index in [1.165, 1.54) is 11.3 Å². The van der Waals surface area contributed by atoms with Crippen LogP contribution in [0.5, 0.6) is 0 Å². The zero-order valence-corrected chi connectivity index (χ0v) is 23.0. The third-order valence-corrected chi connectivity index (χ3v) is 7.18. The number of amides is 1. The second kappa shape index (κ2) is 12.2. The molecule has 212 valence electrons. The van der Waals surface area contributed by atoms with E-state index in [2.05, 4.69) is 15.3 Å². The number of hydrogen-bond acceptors (Lipinski definition) is 6. The molecular formula is C28H29F4N5O2S. The fourth-order valence-electron chi connectivity index (χ4n) is 4.39. The number of carbonyl (C=O) groups is 1. The molecule has 40 heavy (non-hydrogen) atoms. The number of aromatic nitrogens is 1. The number of nitrogens with one attached hydrogen (secondary N) is 1. The number of anilines is 2. The Labute approximate surface area is 233 Å². The molecule has 0 saturated heterocycles. The number of alkyl halides is 3. The minimum atomic E-state index is -4.63. The monoisotopic (exact) mass is 575 g/mol. The van der Waals surface area contributed by atoms with Crippen molar-refractivity contribution in [2.75, 3.05) is 11.9 Å². The summed E-state index contributed by atoms with van der Waals surface area (Å²) < 4.78 is 53.2. The van der Waals surface area contributed by atoms with Crippen molar-refractivity contribution >= 4 is 34.5 Å². The van der Waals surface area contributed by atoms with E-state index in [1.807, 2.05) is 19.9 Å². The maximum atomic E-state index is 14.5. The SMILES string of the molecule is C/C=C(\N=C(C(C)C)N(O)Cc1cncs1)C(=O)N1CCc2c(cccc2Nc2ccc(C(F)(F)F)cc2F)C1. The molecule has 1 aliphatic heterocycles. The molecule has 0 spiro atoms. The summed E-state index contributed by atoms with van der Waals surface area (Å²) in [6, 6.07) is 7.68. The first kappa shape index (κ1) is 29.2. The maximum absolute atomic E-state index is 14.5. The number of nitrogens with zero attached hydrogens (tertiary/aromatic N) is 4. The lowest BCUT2D eigenvalue weighted by molar-refractivity contribution is -0.137. The van der Waals surface area contributed by atoms with Crippen molar-refractivity contribution < 1.29 is 27.6 Å². The second-order valence-corrected chi connectivity index (χ2v) is 10.5. The fourth-order valence-corrected chi connectivity index (χ4v) is 4.97. The summed E-state index contributed by atoms with van der Waals surface area (Å²) >= 11 is 1.40. The van der Waals surface area contributed by atoms with Gasteiger partial charge in [0.15, 0.2) is 0 Å². The zero-order valence-electron chi connectivity index (χ0n) is 22.2. The molecule has 1 aliphatic rings. The molecule has 0 saturated carbocycles. The van der Waals surface area contributed by atoms with Crippen LogP contribution >= 0.6 is 11.3 Å². The molecule has 3 aromatic rings. The molecule has 0 radical (unpaired) electrons. The van der Waals surface area contributed by atoms with Crippen LogP contribution in [0.25, 0.3) is 0 Å². The Kier molecular flexibility index (Phi) is 8.89. The van der Waals surface area contributed by atoms with E-state index in [9.17, 15) is 27.6 Å². The number of thiazole rings is 1. The number of fused-ring (bicyclic) bond motifs is 1. The average molecular weight is 576 g/mol. The third kappa shape index (κ3) is 6.68. The van der Waals surface area contributed by atoms with E-state index >= 15 is 0 Å². The molecule has 7 nitrogen and oxygen atoms in total. The summed E-state index contributed by atoms with van der Waals surface area (Å²) in [5.74, 6) is -1.13. The van der Waals surface area contributed by atoms with Crippen LogP contribution in [0.15, 0.2) is 64.9 Å². The average Bonchev–Trinajstić information content (AvgIpc) is 3.42. The van der Waals surface area contributed by atoms with Gasteiger partial charge in [0.1, 0.15) is 17.3 Å². The molecule has 1 amide bonds. The lowest BCUT2D eigenvalue weighted by Crippen LogP contribution is -2.38. The van der Waals surface area contributed by atoms with Crippen molar-refractivity contribution in [2.45, 2.75) is 46.5 Å². The molecule has 0 bridgehead atoms. The molecular weight excluding hydrogens is 546 g/mol. The highest BCUT2D eigenvalue weighted by Gasteiger charge is 2.31. The van der Waals surface area contributed by atoms with E-state index < -0.39 is 17.6 Å². The van der Waals surface area contributed by atoms with E-state index in [0.29, 0.717) is 30.6 Å². The highest BCUT2D eigenvalue weighted by Crippen LogP contribution is 2.34. The lowest BCUT2D eigenvalue weighted by Gasteiger charge is -2.31. The van der Waals surface area contributed by atoms with Gasteiger partial charge >= 0.3 is 6.18 Å². The number of benzene rings is 2. The Morgan fingerprint density at radius 1 is 1.27 bits per heavy atom. The van der Waals surface area contributed by atoms with Gasteiger partial charge in [0.25, 0.3) is 5.91 Å². The molecule has 2 N–H and O–H groups in total. The van der Waals surface area contributed by atoms with Crippen LogP contribution < -0.4 is 5.32 Å². The molecule has 0 unspecified atom stereocenters. The van der Waals surface area contributed by atoms with Crippen molar-refractivity contribution in [3.8, 4) is 0 Å². The lowest BCUT2D eigenvalue weighted by atomic mass is 9.97. The van der Waals surface area contributed by atoms with Crippen LogP contribution in [-0.2, 0) is 30.5 Å². The summed E-state index contributed by atoms with van der Waals surface area (Å²) in [4.78, 5) is 24.5. The largest absolute Gasteiger partial charge is 0.416 e. The van der Waals surface area contributed by atoms with Crippen LogP contribution in [0.2, 0.25) is 0 Å². The fraction of sp³-hybridized carbons (Fsp3) is 0.321. The number of carbonyl (C=O) groups excluding carboxylic acids is 1. The van der Waals surface area contributed by atoms with Gasteiger partial charge in [-0.15, -0.1) is 11.3 Å². The predicted molar refractivity (Wildman–Crippen MR) is 146 cm³/mol. The number of hydroxylamine groups is 2. The van der Waals surface area contributed by atoms with Gasteiger partial charge in [0.05, 0.1) is 23.3 Å². The van der Waals surface area contributed by atoms with Crippen molar-refractivity contribution in [3.05, 3.63) is 87.3 Å². The highest BCUT2D eigenvalue weighted by molar-refractivity contribution is 7.09. The Balaban J connectivity index is 1.51. The number of amidine groups is 1. The summed E-state index contributed by atoms with van der Waals surface area (Å²) in [7, 11) is 0. The number of halogens is 4. The van der Waals surface area contributed by atoms with E-state index in [0.717, 1.165) is 33.2 Å². The summed E-state index contributed by atoms with van der Waals surface area (Å²) in [5.41, 5.74) is 2.98. The molecule has 0 aliphatic carbocycles. The number of aliphatic imine (C=N–C) groups is 1. The van der Waals surface area contributed by atoms with Crippen LogP contribution in [0.1, 0.15) is 42.3 Å². The molecule has 1 aromatic heterocycles. The highest BCUT2D eigenvalue weighted by atomic mass is 32.1. The van der Waals surface area contributed by atoms with Gasteiger partial charge in [0.2, 0.25) is 0 Å². The topological polar surface area (TPSA) is 81.1 Å². The van der Waals surface area contributed by atoms with E-state index in [4.69, 9.17) is 0 Å². The second-order valence-electron chi connectivity index (χ2n) is 9.56. The van der Waals surface area contributed by atoms with Gasteiger partial charge in [0, 0.05) is 35.8 Å². The smallest absolute Gasteiger partial charge is 0.353 e. The summed E-state index contributed by atoms with van der Waals surface area (Å²) in [6.07, 6.45) is -0.925. The van der Waals surface area contributed by atoms with Crippen LogP contribution in [0.3, 0.4) is 0 Å². The Bertz CT molecular complexity index is 1420. The van der Waals surface area contributed by atoms with E-state index in [1.54, 1.807) is 41.7 Å². The van der Waals surface area contributed by atoms with E-state index in [-0.39, 0.29) is 36.3 Å². The van der Waals surface area contributed by atoms with Crippen LogP contribution in [-0.4, -0.2) is 38.4 Å². The van der Waals surface area contributed by atoms with Crippen molar-refractivity contribution in [1.82, 2.24) is 14.9 Å². The zero-order chi connectivity index (χ0) is 29.0. The first-order valence-electron chi connectivity index (χ1n) is 12.6. The number of allylic oxidation sites excluding steroid dienone is 1. The normalized spacial score (nSPS) is 14.4. The number of rotatable bonds is 7. The first-order chi connectivity index (χ1) is 19.0. The Morgan fingerprint density at radius 3 is 2.67 bits per heavy atom. The van der Waals surface area contributed by atoms with Crippen LogP contribution in [0.4, 0.5) is 28.9 Å². The van der Waals surface area contributed by atoms with Gasteiger partial charge in [-0.1, -0.05) is 32.1 Å². The van der Waals surface area contributed by atoms with Gasteiger partial charge in [-0.25, -0.2) is 14.4 Å². The molecule has 12 heteroatoms. The number of hydrogen-bond donors (Lipinski definition) is 2. The minimum Gasteiger partial charge on any atom is -0.353 e. The standard InChI is InChI=1S/C28H29F4N5O2S/c1-4-23(35-26(17(2)3)37(39)15-20-13-33-16-40-20)27(38)36-11-10-21-18(14-36)6-5-7-24(21)34-25-9-8-19(12-22(25)29)28(30,31)32/h4-9,12-13,16-17,34,39H,10-11,14-15H2,1-3H3/b23-4-,35-26?. The molecule has 2 heterocycles. The Hall–Kier alpha value is -3.77. The van der Waals surface area contributed by atoms with Gasteiger partial charge in [-0.2, -0.15) is 13.2 Å². The quantitative estimate of drug-likeness (QED) is 0.107. The Morgan fingerprint density at radius 2 is 2.05 bits per heavy atom. The summed E-state index contributed by atoms with van der Waals surface area (Å²) in [6.45, 7) is 6.27. The molecule has 2 aromatic carbocycles. The van der Waals surface area contributed by atoms with Crippen LogP contribution in [0, 0.1) is 11.7 Å². The molecule has 0 fully saturated rings. The predicted octanol–water partition coefficient (Wildman–Crippen LogP) is 6.78. The van der Waals surface area contributed by atoms with Gasteiger partial charge < -0.3 is 10.2 Å². The molecule has 0 atom stereocenters. The van der Waals surface area contributed by atoms with Crippen molar-refractivity contribution in [1.29, 1.82) is 0 Å². The minimum absolute atomic E-state index is 0.0708. The maximum Gasteiger partial charge on any atom is 0.416 e. The van der Waals surface area contributed by atoms with Crippen molar-refractivity contribution in [3.63, 3.8) is 0 Å². The van der Waals surface area contributed by atoms with Gasteiger partial charge in [-0.05, 0) is 48.7 Å².